The Kier molecular flexibility index (Phi) is 8.87. The van der Waals surface area contributed by atoms with E-state index in [0.717, 1.165) is 40.3 Å². The number of thiophene rings is 1. The van der Waals surface area contributed by atoms with Gasteiger partial charge in [-0.25, -0.2) is 8.70 Å². The number of ether oxygens (including phenoxy) is 2. The molecule has 1 aliphatic heterocycles. The molecule has 0 radical (unpaired) electrons. The summed E-state index contributed by atoms with van der Waals surface area (Å²) >= 11 is 2.90. The number of carbonyl (C=O) groups excluding carboxylic acids is 1. The first kappa shape index (κ1) is 28.6. The molecule has 2 heterocycles. The van der Waals surface area contributed by atoms with E-state index in [1.807, 2.05) is 38.1 Å². The molecule has 0 spiro atoms. The summed E-state index contributed by atoms with van der Waals surface area (Å²) in [6.07, 6.45) is 0.0459. The summed E-state index contributed by atoms with van der Waals surface area (Å²) in [5, 5.41) is 10.1. The molecule has 0 saturated carbocycles. The van der Waals surface area contributed by atoms with Crippen molar-refractivity contribution in [2.75, 3.05) is 13.7 Å². The maximum Gasteiger partial charge on any atom is 0.312 e. The zero-order valence-corrected chi connectivity index (χ0v) is 24.4. The quantitative estimate of drug-likeness (QED) is 0.232. The second-order valence-corrected chi connectivity index (χ2v) is 12.6. The number of nitrogens with zero attached hydrogens (tertiary/aromatic N) is 1. The molecule has 1 aromatic heterocycles. The molecule has 3 aromatic rings. The average molecular weight is 558 g/mol. The van der Waals surface area contributed by atoms with E-state index in [4.69, 9.17) is 9.47 Å². The molecule has 0 fully saturated rings. The first-order chi connectivity index (χ1) is 18.0. The second kappa shape index (κ2) is 11.8. The number of esters is 1. The smallest absolute Gasteiger partial charge is 0.312 e. The van der Waals surface area contributed by atoms with Crippen LogP contribution in [0.1, 0.15) is 72.6 Å². The lowest BCUT2D eigenvalue weighted by atomic mass is 9.73. The number of methoxy groups -OCH3 is 1. The van der Waals surface area contributed by atoms with Gasteiger partial charge in [-0.3, -0.25) is 4.79 Å². The first-order valence-electron chi connectivity index (χ1n) is 12.9. The Hall–Kier alpha value is -2.39. The molecule has 38 heavy (non-hydrogen) atoms. The highest BCUT2D eigenvalue weighted by atomic mass is 32.2. The number of hydrogen-bond acceptors (Lipinski definition) is 7. The molecule has 0 amide bonds. The van der Waals surface area contributed by atoms with Crippen molar-refractivity contribution in [2.24, 2.45) is 5.41 Å². The normalized spacial score (nSPS) is 17.7. The summed E-state index contributed by atoms with van der Waals surface area (Å²) in [6.45, 7) is 10.9. The maximum atomic E-state index is 14.8. The highest BCUT2D eigenvalue weighted by molar-refractivity contribution is 7.97. The third-order valence-corrected chi connectivity index (χ3v) is 9.53. The first-order valence-corrected chi connectivity index (χ1v) is 14.5. The lowest BCUT2D eigenvalue weighted by Gasteiger charge is -2.32. The molecule has 0 bridgehead atoms. The van der Waals surface area contributed by atoms with Crippen molar-refractivity contribution in [3.05, 3.63) is 80.8 Å². The van der Waals surface area contributed by atoms with Crippen LogP contribution in [0, 0.1) is 18.2 Å². The van der Waals surface area contributed by atoms with Crippen LogP contribution in [0.4, 0.5) is 4.39 Å². The number of para-hydroxylation sites is 1. The molecule has 4 rings (SSSR count). The van der Waals surface area contributed by atoms with E-state index in [1.54, 1.807) is 18.9 Å². The van der Waals surface area contributed by atoms with Crippen LogP contribution in [0.5, 0.6) is 5.75 Å². The average Bonchev–Trinajstić information content (AvgIpc) is 3.16. The van der Waals surface area contributed by atoms with E-state index in [-0.39, 0.29) is 17.0 Å². The van der Waals surface area contributed by atoms with Crippen LogP contribution in [0.3, 0.4) is 0 Å². The number of aliphatic hydroxyl groups is 1. The van der Waals surface area contributed by atoms with Gasteiger partial charge in [0.15, 0.2) is 0 Å². The summed E-state index contributed by atoms with van der Waals surface area (Å²) in [7, 11) is 1.37. The van der Waals surface area contributed by atoms with Crippen molar-refractivity contribution in [3.8, 4) is 5.75 Å². The van der Waals surface area contributed by atoms with Crippen molar-refractivity contribution in [3.63, 3.8) is 0 Å². The third kappa shape index (κ3) is 5.93. The van der Waals surface area contributed by atoms with Gasteiger partial charge in [-0.1, -0.05) is 37.3 Å². The zero-order chi connectivity index (χ0) is 27.6. The summed E-state index contributed by atoms with van der Waals surface area (Å²) in [6, 6.07) is 15.8. The number of hydrogen-bond donors (Lipinski definition) is 1. The van der Waals surface area contributed by atoms with E-state index < -0.39 is 23.3 Å². The summed E-state index contributed by atoms with van der Waals surface area (Å²) in [5.41, 5.74) is 2.20. The van der Waals surface area contributed by atoms with Gasteiger partial charge in [0.2, 0.25) is 0 Å². The Morgan fingerprint density at radius 1 is 1.26 bits per heavy atom. The second-order valence-electron chi connectivity index (χ2n) is 10.4. The Balaban J connectivity index is 1.73. The van der Waals surface area contributed by atoms with Gasteiger partial charge in [-0.05, 0) is 81.0 Å². The van der Waals surface area contributed by atoms with Gasteiger partial charge in [0.1, 0.15) is 17.7 Å². The van der Waals surface area contributed by atoms with Gasteiger partial charge >= 0.3 is 5.97 Å². The van der Waals surface area contributed by atoms with Crippen LogP contribution in [0.2, 0.25) is 0 Å². The van der Waals surface area contributed by atoms with Crippen molar-refractivity contribution in [1.29, 1.82) is 0 Å². The minimum absolute atomic E-state index is 0.0774. The van der Waals surface area contributed by atoms with Gasteiger partial charge < -0.3 is 14.6 Å². The Morgan fingerprint density at radius 2 is 2.00 bits per heavy atom. The number of carbonyl (C=O) groups is 1. The highest BCUT2D eigenvalue weighted by Crippen LogP contribution is 2.46. The van der Waals surface area contributed by atoms with Gasteiger partial charge in [0, 0.05) is 23.9 Å². The fourth-order valence-electron chi connectivity index (χ4n) is 4.93. The number of rotatable bonds is 8. The SMILES string of the molecule is CC[C@@H]1CN(Cc2cc(C(c3cc(F)c(C(C)O)s3)C(C)(C)C(=O)OC)ccc2C)Sc2ccccc2O1. The molecule has 8 heteroatoms. The monoisotopic (exact) mass is 557 g/mol. The summed E-state index contributed by atoms with van der Waals surface area (Å²) in [5.74, 6) is -0.376. The molecule has 0 saturated heterocycles. The molecule has 2 unspecified atom stereocenters. The summed E-state index contributed by atoms with van der Waals surface area (Å²) < 4.78 is 28.6. The van der Waals surface area contributed by atoms with E-state index in [0.29, 0.717) is 11.4 Å². The molecule has 3 atom stereocenters. The van der Waals surface area contributed by atoms with E-state index >= 15 is 0 Å². The van der Waals surface area contributed by atoms with Crippen LogP contribution in [0.15, 0.2) is 53.4 Å². The Morgan fingerprint density at radius 3 is 2.66 bits per heavy atom. The van der Waals surface area contributed by atoms with Gasteiger partial charge in [0.25, 0.3) is 0 Å². The molecule has 1 N–H and O–H groups in total. The Labute approximate surface area is 233 Å². The number of benzene rings is 2. The molecule has 2 aromatic carbocycles. The van der Waals surface area contributed by atoms with E-state index in [9.17, 15) is 14.3 Å². The van der Waals surface area contributed by atoms with Crippen LogP contribution < -0.4 is 4.74 Å². The molecule has 204 valence electrons. The fraction of sp³-hybridized carbons (Fsp3) is 0.433. The van der Waals surface area contributed by atoms with Crippen LogP contribution in [-0.2, 0) is 16.1 Å². The summed E-state index contributed by atoms with van der Waals surface area (Å²) in [4.78, 5) is 15.0. The molecule has 0 aliphatic carbocycles. The molecule has 5 nitrogen and oxygen atoms in total. The number of fused-ring (bicyclic) bond motifs is 1. The van der Waals surface area contributed by atoms with Crippen LogP contribution in [0.25, 0.3) is 0 Å². The fourth-order valence-corrected chi connectivity index (χ4v) is 7.29. The van der Waals surface area contributed by atoms with Crippen molar-refractivity contribution >= 4 is 29.3 Å². The molecular formula is C30H36FNO4S2. The lowest BCUT2D eigenvalue weighted by molar-refractivity contribution is -0.151. The van der Waals surface area contributed by atoms with E-state index in [2.05, 4.69) is 36.4 Å². The zero-order valence-electron chi connectivity index (χ0n) is 22.8. The van der Waals surface area contributed by atoms with Crippen molar-refractivity contribution in [1.82, 2.24) is 4.31 Å². The third-order valence-electron chi connectivity index (χ3n) is 7.12. The predicted octanol–water partition coefficient (Wildman–Crippen LogP) is 7.26. The van der Waals surface area contributed by atoms with Crippen molar-refractivity contribution < 1.29 is 23.8 Å². The number of aliphatic hydroxyl groups excluding tert-OH is 1. The van der Waals surface area contributed by atoms with Crippen LogP contribution >= 0.6 is 23.3 Å². The van der Waals surface area contributed by atoms with Gasteiger partial charge in [0.05, 0.1) is 28.4 Å². The topological polar surface area (TPSA) is 59.0 Å². The minimum atomic E-state index is -0.966. The standard InChI is InChI=1S/C30H36FNO4S2/c1-7-22-17-32(38-25-11-9-8-10-24(25)36-22)16-21-14-20(13-12-18(21)2)27(30(4,5)29(34)35-6)26-15-23(31)28(37-26)19(3)33/h8-15,19,22,27,33H,7,16-17H2,1-6H3/t19?,22-,27?/m1/s1. The van der Waals surface area contributed by atoms with Crippen LogP contribution in [-0.4, -0.2) is 35.1 Å². The maximum absolute atomic E-state index is 14.8. The highest BCUT2D eigenvalue weighted by Gasteiger charge is 2.41. The van der Waals surface area contributed by atoms with Gasteiger partial charge in [-0.2, -0.15) is 0 Å². The van der Waals surface area contributed by atoms with Crippen molar-refractivity contribution in [2.45, 2.75) is 70.6 Å². The number of aryl methyl sites for hydroxylation is 1. The lowest BCUT2D eigenvalue weighted by Crippen LogP contribution is -2.33. The Bertz CT molecular complexity index is 1290. The van der Waals surface area contributed by atoms with E-state index in [1.165, 1.54) is 24.5 Å². The minimum Gasteiger partial charge on any atom is -0.488 e. The molecular weight excluding hydrogens is 521 g/mol. The molecule has 1 aliphatic rings. The number of halogens is 1. The largest absolute Gasteiger partial charge is 0.488 e. The predicted molar refractivity (Wildman–Crippen MR) is 151 cm³/mol. The van der Waals surface area contributed by atoms with Gasteiger partial charge in [-0.15, -0.1) is 11.3 Å².